The van der Waals surface area contributed by atoms with Crippen LogP contribution in [0, 0.1) is 11.6 Å². The van der Waals surface area contributed by atoms with E-state index in [0.717, 1.165) is 17.1 Å². The van der Waals surface area contributed by atoms with Crippen LogP contribution < -0.4 is 10.6 Å². The average molecular weight is 547 g/mol. The van der Waals surface area contributed by atoms with Gasteiger partial charge in [0.2, 0.25) is 5.95 Å². The van der Waals surface area contributed by atoms with Crippen LogP contribution in [-0.2, 0) is 6.54 Å². The summed E-state index contributed by atoms with van der Waals surface area (Å²) in [6.45, 7) is 0.972. The second-order valence-electron chi connectivity index (χ2n) is 8.95. The highest BCUT2D eigenvalue weighted by Gasteiger charge is 2.25. The van der Waals surface area contributed by atoms with E-state index in [1.54, 1.807) is 24.4 Å². The number of β-amino-alcohol motifs (C(OH)–C–C–N with tert-alkyl or cyclic N) is 1. The summed E-state index contributed by atoms with van der Waals surface area (Å²) in [6.07, 6.45) is 1.19. The quantitative estimate of drug-likeness (QED) is 0.313. The number of aliphatic hydroxyl groups excluding tert-OH is 1. The van der Waals surface area contributed by atoms with Gasteiger partial charge >= 0.3 is 0 Å². The van der Waals surface area contributed by atoms with E-state index in [1.165, 1.54) is 18.2 Å². The lowest BCUT2D eigenvalue weighted by Crippen LogP contribution is -2.39. The Labute approximate surface area is 229 Å². The normalized spacial score (nSPS) is 15.9. The first-order valence-electron chi connectivity index (χ1n) is 11.9. The molecule has 10 heteroatoms. The molecule has 3 aromatic carbocycles. The first kappa shape index (κ1) is 26.4. The van der Waals surface area contributed by atoms with E-state index in [0.29, 0.717) is 46.4 Å². The maximum absolute atomic E-state index is 14.7. The third-order valence-electron chi connectivity index (χ3n) is 6.34. The fourth-order valence-corrected chi connectivity index (χ4v) is 4.66. The Morgan fingerprint density at radius 2 is 1.74 bits per heavy atom. The fraction of sp³-hybridized carbons (Fsp3) is 0.172. The molecule has 3 N–H and O–H groups in total. The fourth-order valence-electron chi connectivity index (χ4n) is 4.49. The molecule has 0 bridgehead atoms. The third kappa shape index (κ3) is 5.23. The number of amidine groups is 1. The molecule has 1 unspecified atom stereocenters. The molecule has 0 saturated heterocycles. The summed E-state index contributed by atoms with van der Waals surface area (Å²) in [4.78, 5) is 18.1. The van der Waals surface area contributed by atoms with Crippen LogP contribution in [0.3, 0.4) is 0 Å². The molecule has 6 rings (SSSR count). The molecule has 0 spiro atoms. The molecule has 0 radical (unpaired) electrons. The zero-order chi connectivity index (χ0) is 26.2. The van der Waals surface area contributed by atoms with Gasteiger partial charge in [-0.3, -0.25) is 9.98 Å². The number of benzene rings is 3. The van der Waals surface area contributed by atoms with Crippen molar-refractivity contribution in [2.24, 2.45) is 9.98 Å². The van der Waals surface area contributed by atoms with E-state index >= 15 is 0 Å². The molecule has 198 valence electrons. The molecule has 39 heavy (non-hydrogen) atoms. The Hall–Kier alpha value is -4.21. The van der Waals surface area contributed by atoms with Gasteiger partial charge in [-0.1, -0.05) is 31.2 Å². The summed E-state index contributed by atoms with van der Waals surface area (Å²) in [5, 5.41) is 16.4. The number of hydrogen-bond donors (Lipinski definition) is 3. The van der Waals surface area contributed by atoms with Gasteiger partial charge in [-0.15, -0.1) is 0 Å². The van der Waals surface area contributed by atoms with Gasteiger partial charge in [0.05, 0.1) is 36.2 Å². The lowest BCUT2D eigenvalue weighted by atomic mass is 9.95. The minimum atomic E-state index is -0.705. The maximum Gasteiger partial charge on any atom is 0.227 e. The van der Waals surface area contributed by atoms with Gasteiger partial charge in [-0.2, -0.15) is 0 Å². The number of anilines is 2. The Bertz CT molecular complexity index is 1590. The van der Waals surface area contributed by atoms with Crippen molar-refractivity contribution < 1.29 is 13.9 Å². The number of fused-ring (bicyclic) bond motifs is 3. The zero-order valence-electron chi connectivity index (χ0n) is 19.9. The van der Waals surface area contributed by atoms with Crippen LogP contribution in [0.4, 0.5) is 20.4 Å². The Balaban J connectivity index is 0.00000308. The molecule has 2 aliphatic heterocycles. The summed E-state index contributed by atoms with van der Waals surface area (Å²) in [5.41, 5.74) is 4.08. The molecule has 3 heterocycles. The van der Waals surface area contributed by atoms with Gasteiger partial charge in [0.25, 0.3) is 0 Å². The predicted molar refractivity (Wildman–Crippen MR) is 150 cm³/mol. The number of hydrogen-bond acceptors (Lipinski definition) is 7. The number of aliphatic imine (C=N–C) groups is 2. The Kier molecular flexibility index (Phi) is 7.36. The van der Waals surface area contributed by atoms with Crippen molar-refractivity contribution in [1.82, 2.24) is 15.3 Å². The van der Waals surface area contributed by atoms with Crippen molar-refractivity contribution in [2.75, 3.05) is 18.4 Å². The highest BCUT2D eigenvalue weighted by atomic mass is 35.5. The molecule has 7 nitrogen and oxygen atoms in total. The number of aromatic nitrogens is 2. The second-order valence-corrected chi connectivity index (χ2v) is 9.38. The second kappa shape index (κ2) is 10.9. The standard InChI is InChI=1S/C28H21ClF2N6O.CH4/c29-17-6-9-20-21(10-17)26(24-22(30)2-1-3-23(24)31)32-11-16-12-35-28(37-25(16)20)36-18-7-4-15(5-8-18)27-33-13-19(38)14-34-27;/h1-10,12,19,38H,11,13-14H2,(H,33,34)(H,35,36,37);1H4. The van der Waals surface area contributed by atoms with Crippen LogP contribution in [0.2, 0.25) is 5.02 Å². The zero-order valence-corrected chi connectivity index (χ0v) is 20.7. The summed E-state index contributed by atoms with van der Waals surface area (Å²) in [7, 11) is 0. The van der Waals surface area contributed by atoms with Crippen LogP contribution in [0.5, 0.6) is 0 Å². The van der Waals surface area contributed by atoms with Gasteiger partial charge in [0, 0.05) is 45.7 Å². The predicted octanol–water partition coefficient (Wildman–Crippen LogP) is 5.52. The summed E-state index contributed by atoms with van der Waals surface area (Å²) in [6, 6.07) is 16.4. The van der Waals surface area contributed by atoms with Crippen molar-refractivity contribution in [3.05, 3.63) is 106 Å². The molecule has 0 saturated carbocycles. The van der Waals surface area contributed by atoms with E-state index in [1.807, 2.05) is 24.3 Å². The van der Waals surface area contributed by atoms with Gasteiger partial charge in [0.1, 0.15) is 17.5 Å². The molecule has 1 aromatic heterocycles. The lowest BCUT2D eigenvalue weighted by molar-refractivity contribution is 0.181. The van der Waals surface area contributed by atoms with Crippen LogP contribution in [0.25, 0.3) is 11.3 Å². The molecule has 0 amide bonds. The highest BCUT2D eigenvalue weighted by Crippen LogP contribution is 2.34. The number of nitrogens with zero attached hydrogens (tertiary/aromatic N) is 4. The molecule has 1 atom stereocenters. The van der Waals surface area contributed by atoms with Crippen LogP contribution in [-0.4, -0.2) is 45.8 Å². The van der Waals surface area contributed by atoms with Gasteiger partial charge in [-0.05, 0) is 48.5 Å². The monoisotopic (exact) mass is 546 g/mol. The molecule has 4 aromatic rings. The largest absolute Gasteiger partial charge is 0.389 e. The molecular formula is C29H25ClF2N6O. The van der Waals surface area contributed by atoms with Crippen molar-refractivity contribution in [3.8, 4) is 11.3 Å². The van der Waals surface area contributed by atoms with Gasteiger partial charge < -0.3 is 15.7 Å². The number of rotatable bonds is 4. The summed E-state index contributed by atoms with van der Waals surface area (Å²) in [5.74, 6) is -0.319. The van der Waals surface area contributed by atoms with E-state index < -0.39 is 17.7 Å². The molecule has 0 fully saturated rings. The van der Waals surface area contributed by atoms with E-state index in [-0.39, 0.29) is 25.2 Å². The highest BCUT2D eigenvalue weighted by molar-refractivity contribution is 6.31. The number of nitrogens with one attached hydrogen (secondary N) is 2. The number of aliphatic hydroxyl groups is 1. The topological polar surface area (TPSA) is 94.8 Å². The van der Waals surface area contributed by atoms with Crippen LogP contribution in [0.15, 0.2) is 76.8 Å². The first-order chi connectivity index (χ1) is 18.5. The van der Waals surface area contributed by atoms with Crippen molar-refractivity contribution in [1.29, 1.82) is 0 Å². The molecular weight excluding hydrogens is 522 g/mol. The lowest BCUT2D eigenvalue weighted by Gasteiger charge is -2.19. The number of halogens is 3. The van der Waals surface area contributed by atoms with Crippen LogP contribution >= 0.6 is 11.6 Å². The van der Waals surface area contributed by atoms with Gasteiger partial charge in [0.15, 0.2) is 0 Å². The molecule has 2 aliphatic rings. The van der Waals surface area contributed by atoms with E-state index in [4.69, 9.17) is 16.6 Å². The Morgan fingerprint density at radius 1 is 0.974 bits per heavy atom. The van der Waals surface area contributed by atoms with E-state index in [2.05, 4.69) is 25.6 Å². The van der Waals surface area contributed by atoms with Crippen molar-refractivity contribution >= 4 is 34.8 Å². The molecule has 0 aliphatic carbocycles. The summed E-state index contributed by atoms with van der Waals surface area (Å²) >= 11 is 6.29. The SMILES string of the molecule is C.OC1CN=C(c2ccc(Nc3ncc4c(n3)-c3ccc(Cl)cc3C(c3c(F)cccc3F)=NC4)cc2)NC1. The minimum Gasteiger partial charge on any atom is -0.389 e. The third-order valence-corrected chi connectivity index (χ3v) is 6.58. The maximum atomic E-state index is 14.7. The van der Waals surface area contributed by atoms with Crippen LogP contribution in [0.1, 0.15) is 29.7 Å². The van der Waals surface area contributed by atoms with E-state index in [9.17, 15) is 13.9 Å². The van der Waals surface area contributed by atoms with Crippen molar-refractivity contribution in [3.63, 3.8) is 0 Å². The van der Waals surface area contributed by atoms with Gasteiger partial charge in [-0.25, -0.2) is 18.7 Å². The summed E-state index contributed by atoms with van der Waals surface area (Å²) < 4.78 is 29.5. The smallest absolute Gasteiger partial charge is 0.227 e. The minimum absolute atomic E-state index is 0. The first-order valence-corrected chi connectivity index (χ1v) is 12.3. The average Bonchev–Trinajstić information content (AvgIpc) is 3.06. The Morgan fingerprint density at radius 3 is 2.46 bits per heavy atom. The van der Waals surface area contributed by atoms with Crippen molar-refractivity contribution in [2.45, 2.75) is 20.1 Å².